The van der Waals surface area contributed by atoms with E-state index in [9.17, 15) is 14.7 Å². The number of benzene rings is 3. The molecule has 3 heterocycles. The number of azo groups is 1. The van der Waals surface area contributed by atoms with Gasteiger partial charge in [0.25, 0.3) is 0 Å². The lowest BCUT2D eigenvalue weighted by molar-refractivity contribution is -0.132. The van der Waals surface area contributed by atoms with E-state index in [1.807, 2.05) is 74.1 Å². The molecule has 0 aliphatic carbocycles. The summed E-state index contributed by atoms with van der Waals surface area (Å²) < 4.78 is 5.63. The Labute approximate surface area is 290 Å². The average Bonchev–Trinajstić information content (AvgIpc) is 3.64. The number of ether oxygens (including phenoxy) is 1. The fourth-order valence-electron chi connectivity index (χ4n) is 6.38. The number of fused-ring (bicyclic) bond motifs is 3. The molecular weight excluding hydrogens is 641 g/mol. The molecule has 0 bridgehead atoms. The summed E-state index contributed by atoms with van der Waals surface area (Å²) in [6, 6.07) is 16.6. The van der Waals surface area contributed by atoms with Gasteiger partial charge < -0.3 is 36.0 Å². The van der Waals surface area contributed by atoms with Crippen molar-refractivity contribution in [3.05, 3.63) is 60.2 Å². The zero-order valence-electron chi connectivity index (χ0n) is 28.2. The van der Waals surface area contributed by atoms with E-state index >= 15 is 0 Å². The standard InChI is InChI=1S/C36H44N8O4S/c1-4-48-25-11-13-28-27(19-25)34(37)26-12-9-24(18-29(26)38-28)42-41-23-10-14-31(45)22(17-23)20-44(16-15-43(2)3)33(46)8-6-5-7-32-35-30(21-49-32)39-36(47)40-35/h9-14,17-19,30,32,35,45H,4-8,15-16,20-21H2,1-3H3,(H2,37,38)(H2,39,40,47)/t30-,32-,35-/m0/s1. The number of nitrogen functional groups attached to an aromatic ring is 1. The summed E-state index contributed by atoms with van der Waals surface area (Å²) in [5, 5.41) is 27.7. The quantitative estimate of drug-likeness (QED) is 0.0537. The number of urea groups is 1. The third-order valence-electron chi connectivity index (χ3n) is 9.02. The highest BCUT2D eigenvalue weighted by atomic mass is 32.2. The Balaban J connectivity index is 1.11. The molecule has 0 radical (unpaired) electrons. The number of amides is 3. The number of phenols is 1. The smallest absolute Gasteiger partial charge is 0.315 e. The van der Waals surface area contributed by atoms with Crippen molar-refractivity contribution in [1.82, 2.24) is 25.4 Å². The molecule has 3 aromatic carbocycles. The van der Waals surface area contributed by atoms with Gasteiger partial charge in [0.05, 0.1) is 46.8 Å². The SMILES string of the molecule is CCOc1ccc2nc3cc(N=Nc4ccc(O)c(CN(CCN(C)C)C(=O)CCCC[C@@H]5SC[C@@H]6NC(=O)N[C@@H]65)c4)ccc3c(N)c2c1. The molecule has 2 aliphatic heterocycles. The number of carbonyl (C=O) groups is 2. The van der Waals surface area contributed by atoms with E-state index in [-0.39, 0.29) is 36.3 Å². The maximum absolute atomic E-state index is 13.4. The van der Waals surface area contributed by atoms with Crippen molar-refractivity contribution < 1.29 is 19.4 Å². The van der Waals surface area contributed by atoms with Gasteiger partial charge in [0.15, 0.2) is 0 Å². The number of hydrogen-bond acceptors (Lipinski definition) is 10. The highest BCUT2D eigenvalue weighted by Gasteiger charge is 2.42. The summed E-state index contributed by atoms with van der Waals surface area (Å²) in [7, 11) is 3.95. The minimum atomic E-state index is -0.0801. The molecule has 2 aliphatic rings. The summed E-state index contributed by atoms with van der Waals surface area (Å²) in [6.07, 6.45) is 3.06. The Morgan fingerprint density at radius 1 is 1.02 bits per heavy atom. The highest BCUT2D eigenvalue weighted by Crippen LogP contribution is 2.35. The Hall–Kier alpha value is -4.62. The molecule has 1 aromatic heterocycles. The van der Waals surface area contributed by atoms with Crippen LogP contribution in [0.4, 0.5) is 21.9 Å². The molecule has 4 aromatic rings. The molecule has 13 heteroatoms. The number of nitrogens with two attached hydrogens (primary N) is 1. The van der Waals surface area contributed by atoms with Crippen molar-refractivity contribution in [1.29, 1.82) is 0 Å². The summed E-state index contributed by atoms with van der Waals surface area (Å²) in [5.41, 5.74) is 10.4. The number of anilines is 1. The predicted molar refractivity (Wildman–Crippen MR) is 195 cm³/mol. The van der Waals surface area contributed by atoms with Gasteiger partial charge in [0.1, 0.15) is 11.5 Å². The fraction of sp³-hybridized carbons (Fsp3) is 0.417. The number of nitrogens with one attached hydrogen (secondary N) is 2. The number of hydrogen-bond donors (Lipinski definition) is 4. The molecule has 49 heavy (non-hydrogen) atoms. The zero-order valence-corrected chi connectivity index (χ0v) is 29.0. The van der Waals surface area contributed by atoms with Gasteiger partial charge in [-0.3, -0.25) is 4.79 Å². The van der Waals surface area contributed by atoms with Crippen LogP contribution in [-0.2, 0) is 11.3 Å². The third kappa shape index (κ3) is 8.16. The molecule has 3 amide bonds. The van der Waals surface area contributed by atoms with E-state index in [1.165, 1.54) is 0 Å². The lowest BCUT2D eigenvalue weighted by Crippen LogP contribution is -2.37. The summed E-state index contributed by atoms with van der Waals surface area (Å²) in [4.78, 5) is 33.8. The van der Waals surface area contributed by atoms with E-state index in [0.29, 0.717) is 59.5 Å². The van der Waals surface area contributed by atoms with Gasteiger partial charge >= 0.3 is 6.03 Å². The van der Waals surface area contributed by atoms with Crippen LogP contribution >= 0.6 is 11.8 Å². The zero-order chi connectivity index (χ0) is 34.5. The van der Waals surface area contributed by atoms with Crippen LogP contribution in [-0.4, -0.2) is 88.7 Å². The first-order valence-electron chi connectivity index (χ1n) is 16.8. The maximum Gasteiger partial charge on any atom is 0.315 e. The van der Waals surface area contributed by atoms with Crippen LogP contribution in [0, 0.1) is 0 Å². The number of pyridine rings is 1. The monoisotopic (exact) mass is 684 g/mol. The summed E-state index contributed by atoms with van der Waals surface area (Å²) in [6.45, 7) is 4.00. The molecule has 0 saturated carbocycles. The number of likely N-dealkylation sites (N-methyl/N-ethyl adjacent to an activating group) is 1. The topological polar surface area (TPSA) is 158 Å². The van der Waals surface area contributed by atoms with Crippen LogP contribution in [0.2, 0.25) is 0 Å². The van der Waals surface area contributed by atoms with E-state index in [1.54, 1.807) is 23.1 Å². The lowest BCUT2D eigenvalue weighted by atomic mass is 10.0. The number of carbonyl (C=O) groups excluding carboxylic acids is 2. The van der Waals surface area contributed by atoms with Crippen LogP contribution in [0.15, 0.2) is 64.8 Å². The van der Waals surface area contributed by atoms with Crippen LogP contribution in [0.25, 0.3) is 21.8 Å². The normalized spacial score (nSPS) is 18.7. The molecule has 6 rings (SSSR count). The maximum atomic E-state index is 13.4. The summed E-state index contributed by atoms with van der Waals surface area (Å²) >= 11 is 1.89. The molecule has 258 valence electrons. The Morgan fingerprint density at radius 3 is 2.61 bits per heavy atom. The van der Waals surface area contributed by atoms with E-state index < -0.39 is 0 Å². The first-order chi connectivity index (χ1) is 23.7. The number of thioether (sulfide) groups is 1. The second-order valence-electron chi connectivity index (χ2n) is 12.8. The van der Waals surface area contributed by atoms with E-state index in [2.05, 4.69) is 20.9 Å². The second-order valence-corrected chi connectivity index (χ2v) is 14.1. The minimum Gasteiger partial charge on any atom is -0.508 e. The molecule has 5 N–H and O–H groups in total. The van der Waals surface area contributed by atoms with Crippen molar-refractivity contribution in [3.63, 3.8) is 0 Å². The fourth-order valence-corrected chi connectivity index (χ4v) is 7.92. The van der Waals surface area contributed by atoms with Crippen molar-refractivity contribution in [2.45, 2.75) is 56.5 Å². The van der Waals surface area contributed by atoms with Crippen LogP contribution in [0.3, 0.4) is 0 Å². The molecular formula is C36H44N8O4S. The van der Waals surface area contributed by atoms with Gasteiger partial charge in [-0.05, 0) is 88.5 Å². The molecule has 2 fully saturated rings. The first-order valence-corrected chi connectivity index (χ1v) is 17.8. The van der Waals surface area contributed by atoms with Gasteiger partial charge in [0, 0.05) is 53.4 Å². The first kappa shape index (κ1) is 34.3. The average molecular weight is 685 g/mol. The predicted octanol–water partition coefficient (Wildman–Crippen LogP) is 6.11. The van der Waals surface area contributed by atoms with Crippen LogP contribution in [0.1, 0.15) is 38.2 Å². The van der Waals surface area contributed by atoms with Gasteiger partial charge in [-0.15, -0.1) is 0 Å². The molecule has 12 nitrogen and oxygen atoms in total. The number of nitrogens with zero attached hydrogens (tertiary/aromatic N) is 5. The minimum absolute atomic E-state index is 0.0469. The molecule has 2 saturated heterocycles. The van der Waals surface area contributed by atoms with Crippen LogP contribution in [0.5, 0.6) is 11.5 Å². The highest BCUT2D eigenvalue weighted by molar-refractivity contribution is 8.00. The molecule has 0 spiro atoms. The number of aromatic nitrogens is 1. The van der Waals surface area contributed by atoms with Gasteiger partial charge in [0.2, 0.25) is 5.91 Å². The van der Waals surface area contributed by atoms with Gasteiger partial charge in [-0.2, -0.15) is 22.0 Å². The Morgan fingerprint density at radius 2 is 1.82 bits per heavy atom. The number of unbranched alkanes of at least 4 members (excludes halogenated alkanes) is 1. The second kappa shape index (κ2) is 15.3. The third-order valence-corrected chi connectivity index (χ3v) is 10.5. The van der Waals surface area contributed by atoms with Crippen molar-refractivity contribution in [2.24, 2.45) is 10.2 Å². The van der Waals surface area contributed by atoms with Crippen molar-refractivity contribution in [2.75, 3.05) is 45.3 Å². The Kier molecular flexibility index (Phi) is 10.7. The lowest BCUT2D eigenvalue weighted by Gasteiger charge is -2.25. The summed E-state index contributed by atoms with van der Waals surface area (Å²) in [5.74, 6) is 1.83. The van der Waals surface area contributed by atoms with Crippen molar-refractivity contribution >= 4 is 62.6 Å². The largest absolute Gasteiger partial charge is 0.508 e. The van der Waals surface area contributed by atoms with Crippen molar-refractivity contribution in [3.8, 4) is 11.5 Å². The number of aromatic hydroxyl groups is 1. The molecule has 0 unspecified atom stereocenters. The van der Waals surface area contributed by atoms with Gasteiger partial charge in [-0.1, -0.05) is 6.42 Å². The number of phenolic OH excluding ortho intramolecular Hbond substituents is 1. The Bertz CT molecular complexity index is 1870. The van der Waals surface area contributed by atoms with Gasteiger partial charge in [-0.25, -0.2) is 9.78 Å². The molecule has 3 atom stereocenters. The number of rotatable bonds is 14. The van der Waals surface area contributed by atoms with E-state index in [4.69, 9.17) is 15.5 Å². The van der Waals surface area contributed by atoms with E-state index in [0.717, 1.165) is 47.1 Å². The van der Waals surface area contributed by atoms with Crippen LogP contribution < -0.4 is 21.1 Å².